The van der Waals surface area contributed by atoms with Gasteiger partial charge in [-0.25, -0.2) is 4.79 Å². The lowest BCUT2D eigenvalue weighted by Gasteiger charge is -2.13. The van der Waals surface area contributed by atoms with Gasteiger partial charge < -0.3 is 15.5 Å². The van der Waals surface area contributed by atoms with Crippen molar-refractivity contribution < 1.29 is 19.8 Å². The van der Waals surface area contributed by atoms with Crippen LogP contribution in [0.25, 0.3) is 0 Å². The summed E-state index contributed by atoms with van der Waals surface area (Å²) in [5.41, 5.74) is 1.10. The molecule has 0 aliphatic carbocycles. The van der Waals surface area contributed by atoms with E-state index in [4.69, 9.17) is 21.8 Å². The van der Waals surface area contributed by atoms with E-state index in [1.807, 2.05) is 0 Å². The van der Waals surface area contributed by atoms with Gasteiger partial charge in [-0.15, -0.1) is 0 Å². The molecule has 1 aromatic carbocycles. The molecule has 1 amide bonds. The zero-order valence-corrected chi connectivity index (χ0v) is 10.6. The van der Waals surface area contributed by atoms with Crippen LogP contribution in [0, 0.1) is 6.92 Å². The molecule has 0 saturated heterocycles. The van der Waals surface area contributed by atoms with Gasteiger partial charge in [0, 0.05) is 23.6 Å². The molecule has 6 heteroatoms. The molecule has 1 aromatic rings. The van der Waals surface area contributed by atoms with Gasteiger partial charge in [-0.05, 0) is 30.7 Å². The SMILES string of the molecule is Cc1cc(Cl)cc(C(=O)NC(CCO)C(=O)O)c1. The largest absolute Gasteiger partial charge is 0.480 e. The molecule has 0 bridgehead atoms. The third-order valence-electron chi connectivity index (χ3n) is 2.33. The lowest BCUT2D eigenvalue weighted by Crippen LogP contribution is -2.41. The zero-order valence-electron chi connectivity index (χ0n) is 9.81. The molecule has 0 fully saturated rings. The van der Waals surface area contributed by atoms with Crippen LogP contribution in [0.4, 0.5) is 0 Å². The Labute approximate surface area is 109 Å². The molecular weight excluding hydrogens is 258 g/mol. The highest BCUT2D eigenvalue weighted by Gasteiger charge is 2.20. The highest BCUT2D eigenvalue weighted by atomic mass is 35.5. The van der Waals surface area contributed by atoms with Gasteiger partial charge in [-0.2, -0.15) is 0 Å². The zero-order chi connectivity index (χ0) is 13.7. The van der Waals surface area contributed by atoms with Crippen LogP contribution in [-0.4, -0.2) is 34.7 Å². The third-order valence-corrected chi connectivity index (χ3v) is 2.54. The van der Waals surface area contributed by atoms with Crippen molar-refractivity contribution >= 4 is 23.5 Å². The Morgan fingerprint density at radius 3 is 2.56 bits per heavy atom. The number of aliphatic hydroxyl groups is 1. The summed E-state index contributed by atoms with van der Waals surface area (Å²) in [6, 6.07) is 3.66. The third kappa shape index (κ3) is 4.01. The number of benzene rings is 1. The molecule has 1 rings (SSSR count). The van der Waals surface area contributed by atoms with Gasteiger partial charge in [-0.3, -0.25) is 4.79 Å². The molecule has 1 unspecified atom stereocenters. The first-order valence-electron chi connectivity index (χ1n) is 5.35. The number of rotatable bonds is 5. The average Bonchev–Trinajstić information content (AvgIpc) is 2.26. The van der Waals surface area contributed by atoms with Gasteiger partial charge in [-0.1, -0.05) is 11.6 Å². The summed E-state index contributed by atoms with van der Waals surface area (Å²) >= 11 is 5.82. The Kier molecular flexibility index (Phi) is 5.12. The van der Waals surface area contributed by atoms with Crippen LogP contribution in [0.15, 0.2) is 18.2 Å². The summed E-state index contributed by atoms with van der Waals surface area (Å²) in [4.78, 5) is 22.7. The van der Waals surface area contributed by atoms with Crippen molar-refractivity contribution in [2.75, 3.05) is 6.61 Å². The topological polar surface area (TPSA) is 86.6 Å². The maximum absolute atomic E-state index is 11.8. The minimum atomic E-state index is -1.18. The van der Waals surface area contributed by atoms with Gasteiger partial charge >= 0.3 is 5.97 Å². The van der Waals surface area contributed by atoms with E-state index in [1.165, 1.54) is 6.07 Å². The highest BCUT2D eigenvalue weighted by molar-refractivity contribution is 6.31. The highest BCUT2D eigenvalue weighted by Crippen LogP contribution is 2.14. The van der Waals surface area contributed by atoms with Crippen molar-refractivity contribution in [3.8, 4) is 0 Å². The number of amides is 1. The summed E-state index contributed by atoms with van der Waals surface area (Å²) in [7, 11) is 0. The maximum Gasteiger partial charge on any atom is 0.326 e. The summed E-state index contributed by atoms with van der Waals surface area (Å²) in [6.45, 7) is 1.47. The maximum atomic E-state index is 11.8. The number of carbonyl (C=O) groups is 2. The second-order valence-electron chi connectivity index (χ2n) is 3.89. The molecule has 0 aliphatic heterocycles. The molecule has 0 saturated carbocycles. The summed E-state index contributed by atoms with van der Waals surface area (Å²) in [5, 5.41) is 20.3. The first kappa shape index (κ1) is 14.5. The number of hydrogen-bond donors (Lipinski definition) is 3. The molecule has 0 radical (unpaired) electrons. The van der Waals surface area contributed by atoms with Crippen molar-refractivity contribution in [3.63, 3.8) is 0 Å². The van der Waals surface area contributed by atoms with Crippen molar-refractivity contribution in [3.05, 3.63) is 34.3 Å². The summed E-state index contributed by atoms with van der Waals surface area (Å²) in [6.07, 6.45) is -0.0411. The molecule has 18 heavy (non-hydrogen) atoms. The van der Waals surface area contributed by atoms with E-state index in [-0.39, 0.29) is 13.0 Å². The normalized spacial score (nSPS) is 11.9. The molecule has 0 aromatic heterocycles. The molecule has 1 atom stereocenters. The van der Waals surface area contributed by atoms with Crippen LogP contribution in [-0.2, 0) is 4.79 Å². The summed E-state index contributed by atoms with van der Waals surface area (Å²) in [5.74, 6) is -1.71. The van der Waals surface area contributed by atoms with Gasteiger partial charge in [0.1, 0.15) is 6.04 Å². The molecule has 5 nitrogen and oxygen atoms in total. The quantitative estimate of drug-likeness (QED) is 0.751. The van der Waals surface area contributed by atoms with Crippen LogP contribution >= 0.6 is 11.6 Å². The van der Waals surface area contributed by atoms with Gasteiger partial charge in [0.05, 0.1) is 0 Å². The Bertz CT molecular complexity index is 441. The van der Waals surface area contributed by atoms with E-state index in [0.717, 1.165) is 5.56 Å². The van der Waals surface area contributed by atoms with Crippen LogP contribution < -0.4 is 5.32 Å². The number of hydrogen-bond acceptors (Lipinski definition) is 3. The van der Waals surface area contributed by atoms with Crippen molar-refractivity contribution in [1.29, 1.82) is 0 Å². The van der Waals surface area contributed by atoms with Crippen molar-refractivity contribution in [2.45, 2.75) is 19.4 Å². The molecule has 3 N–H and O–H groups in total. The standard InChI is InChI=1S/C12H14ClNO4/c1-7-4-8(6-9(13)5-7)11(16)14-10(2-3-15)12(17)18/h4-6,10,15H,2-3H2,1H3,(H,14,16)(H,17,18). The minimum absolute atomic E-state index is 0.0411. The lowest BCUT2D eigenvalue weighted by atomic mass is 10.1. The Morgan fingerprint density at radius 2 is 2.06 bits per heavy atom. The van der Waals surface area contributed by atoms with E-state index < -0.39 is 17.9 Å². The number of aliphatic hydroxyl groups excluding tert-OH is 1. The van der Waals surface area contributed by atoms with E-state index in [0.29, 0.717) is 10.6 Å². The fourth-order valence-corrected chi connectivity index (χ4v) is 1.79. The number of carboxylic acid groups (broad SMARTS) is 1. The Morgan fingerprint density at radius 1 is 1.39 bits per heavy atom. The molecule has 0 spiro atoms. The molecular formula is C12H14ClNO4. The van der Waals surface area contributed by atoms with E-state index >= 15 is 0 Å². The van der Waals surface area contributed by atoms with Crippen molar-refractivity contribution in [2.24, 2.45) is 0 Å². The Hall–Kier alpha value is -1.59. The van der Waals surface area contributed by atoms with Crippen LogP contribution in [0.3, 0.4) is 0 Å². The second-order valence-corrected chi connectivity index (χ2v) is 4.33. The second kappa shape index (κ2) is 6.37. The predicted molar refractivity (Wildman–Crippen MR) is 66.8 cm³/mol. The first-order valence-corrected chi connectivity index (χ1v) is 5.73. The van der Waals surface area contributed by atoms with E-state index in [1.54, 1.807) is 19.1 Å². The molecule has 98 valence electrons. The van der Waals surface area contributed by atoms with Gasteiger partial charge in [0.15, 0.2) is 0 Å². The molecule has 0 aliphatic rings. The molecule has 0 heterocycles. The number of aliphatic carboxylic acids is 1. The monoisotopic (exact) mass is 271 g/mol. The van der Waals surface area contributed by atoms with Crippen LogP contribution in [0.1, 0.15) is 22.3 Å². The fourth-order valence-electron chi connectivity index (χ4n) is 1.50. The predicted octanol–water partition coefficient (Wildman–Crippen LogP) is 1.21. The van der Waals surface area contributed by atoms with E-state index in [9.17, 15) is 9.59 Å². The van der Waals surface area contributed by atoms with Gasteiger partial charge in [0.25, 0.3) is 5.91 Å². The number of carboxylic acids is 1. The lowest BCUT2D eigenvalue weighted by molar-refractivity contribution is -0.139. The van der Waals surface area contributed by atoms with Crippen LogP contribution in [0.2, 0.25) is 5.02 Å². The fraction of sp³-hybridized carbons (Fsp3) is 0.333. The average molecular weight is 272 g/mol. The smallest absolute Gasteiger partial charge is 0.326 e. The summed E-state index contributed by atoms with van der Waals surface area (Å²) < 4.78 is 0. The Balaban J connectivity index is 2.83. The van der Waals surface area contributed by atoms with Crippen molar-refractivity contribution in [1.82, 2.24) is 5.32 Å². The number of halogens is 1. The number of aryl methyl sites for hydroxylation is 1. The van der Waals surface area contributed by atoms with Gasteiger partial charge in [0.2, 0.25) is 0 Å². The first-order chi connectivity index (χ1) is 8.43. The number of nitrogens with one attached hydrogen (secondary N) is 1. The number of carbonyl (C=O) groups excluding carboxylic acids is 1. The minimum Gasteiger partial charge on any atom is -0.480 e. The van der Waals surface area contributed by atoms with Crippen LogP contribution in [0.5, 0.6) is 0 Å². The van der Waals surface area contributed by atoms with E-state index in [2.05, 4.69) is 5.32 Å².